The summed E-state index contributed by atoms with van der Waals surface area (Å²) in [5, 5.41) is 15.6. The summed E-state index contributed by atoms with van der Waals surface area (Å²) in [5.74, 6) is 0.138. The van der Waals surface area contributed by atoms with Crippen LogP contribution in [0.25, 0.3) is 10.8 Å². The van der Waals surface area contributed by atoms with E-state index in [-0.39, 0.29) is 12.0 Å². The number of carbonyl (C=O) groups is 1. The van der Waals surface area contributed by atoms with Gasteiger partial charge in [0.2, 0.25) is 0 Å². The van der Waals surface area contributed by atoms with Gasteiger partial charge in [-0.3, -0.25) is 0 Å². The van der Waals surface area contributed by atoms with Crippen molar-refractivity contribution in [2.45, 2.75) is 31.3 Å². The van der Waals surface area contributed by atoms with E-state index < -0.39 is 5.97 Å². The van der Waals surface area contributed by atoms with Crippen LogP contribution in [0.5, 0.6) is 5.75 Å². The van der Waals surface area contributed by atoms with E-state index >= 15 is 0 Å². The number of fused-ring (bicyclic) bond motifs is 2. The smallest absolute Gasteiger partial charge is 0.335 e. The number of hydrogen-bond acceptors (Lipinski definition) is 3. The van der Waals surface area contributed by atoms with Crippen molar-refractivity contribution >= 4 is 16.7 Å². The summed E-state index contributed by atoms with van der Waals surface area (Å²) in [7, 11) is 0. The van der Waals surface area contributed by atoms with Crippen LogP contribution in [0.2, 0.25) is 0 Å². The van der Waals surface area contributed by atoms with E-state index in [0.29, 0.717) is 5.56 Å². The van der Waals surface area contributed by atoms with Crippen LogP contribution in [-0.4, -0.2) is 30.3 Å². The maximum atomic E-state index is 11.5. The summed E-state index contributed by atoms with van der Waals surface area (Å²) in [6, 6.07) is 30.5. The van der Waals surface area contributed by atoms with Gasteiger partial charge in [0.25, 0.3) is 0 Å². The molecule has 0 fully saturated rings. The van der Waals surface area contributed by atoms with Crippen LogP contribution in [0.4, 0.5) is 0 Å². The first-order valence-corrected chi connectivity index (χ1v) is 12.0. The van der Waals surface area contributed by atoms with E-state index in [4.69, 9.17) is 4.74 Å². The van der Waals surface area contributed by atoms with Crippen molar-refractivity contribution in [2.75, 3.05) is 13.1 Å². The molecule has 0 amide bonds. The van der Waals surface area contributed by atoms with Crippen molar-refractivity contribution in [1.29, 1.82) is 0 Å². The van der Waals surface area contributed by atoms with Gasteiger partial charge in [0.15, 0.2) is 0 Å². The second kappa shape index (κ2) is 10.1. The first-order valence-electron chi connectivity index (χ1n) is 12.0. The second-order valence-electron chi connectivity index (χ2n) is 8.92. The van der Waals surface area contributed by atoms with E-state index in [9.17, 15) is 9.90 Å². The Hall–Kier alpha value is -3.63. The zero-order valence-corrected chi connectivity index (χ0v) is 19.1. The minimum Gasteiger partial charge on any atom is -0.490 e. The van der Waals surface area contributed by atoms with Gasteiger partial charge in [-0.15, -0.1) is 0 Å². The van der Waals surface area contributed by atoms with E-state index in [1.165, 1.54) is 16.3 Å². The van der Waals surface area contributed by atoms with Gasteiger partial charge in [-0.1, -0.05) is 72.8 Å². The number of para-hydroxylation sites is 1. The molecule has 0 radical (unpaired) electrons. The molecule has 4 aromatic carbocycles. The lowest BCUT2D eigenvalue weighted by molar-refractivity contribution is 0.0696. The normalized spacial score (nSPS) is 17.2. The zero-order valence-electron chi connectivity index (χ0n) is 19.1. The van der Waals surface area contributed by atoms with Crippen LogP contribution >= 0.6 is 0 Å². The molecule has 2 atom stereocenters. The number of carboxylic acid groups (broad SMARTS) is 1. The van der Waals surface area contributed by atoms with Crippen LogP contribution in [-0.2, 0) is 6.42 Å². The Balaban J connectivity index is 1.22. The molecule has 4 heteroatoms. The molecule has 0 spiro atoms. The fourth-order valence-electron chi connectivity index (χ4n) is 5.00. The van der Waals surface area contributed by atoms with Gasteiger partial charge in [0.1, 0.15) is 11.9 Å². The topological polar surface area (TPSA) is 58.6 Å². The molecule has 1 aliphatic rings. The van der Waals surface area contributed by atoms with Crippen molar-refractivity contribution in [2.24, 2.45) is 0 Å². The fraction of sp³-hybridized carbons (Fsp3) is 0.233. The minimum atomic E-state index is -0.894. The molecule has 0 bridgehead atoms. The molecule has 5 rings (SSSR count). The van der Waals surface area contributed by atoms with Crippen molar-refractivity contribution < 1.29 is 14.6 Å². The van der Waals surface area contributed by atoms with Crippen molar-refractivity contribution in [3.8, 4) is 5.75 Å². The quantitative estimate of drug-likeness (QED) is 0.321. The lowest BCUT2D eigenvalue weighted by Crippen LogP contribution is -2.30. The summed E-state index contributed by atoms with van der Waals surface area (Å²) >= 11 is 0. The predicted octanol–water partition coefficient (Wildman–Crippen LogP) is 6.04. The second-order valence-corrected chi connectivity index (χ2v) is 8.92. The third kappa shape index (κ3) is 4.82. The SMILES string of the molecule is O=C(O)c1cccc(C2CC(CCNCCc3cccc4ccccc34)Oc3ccccc32)c1. The largest absolute Gasteiger partial charge is 0.490 e. The summed E-state index contributed by atoms with van der Waals surface area (Å²) in [5.41, 5.74) is 3.86. The molecule has 172 valence electrons. The van der Waals surface area contributed by atoms with Gasteiger partial charge >= 0.3 is 5.97 Å². The lowest BCUT2D eigenvalue weighted by atomic mass is 9.83. The lowest BCUT2D eigenvalue weighted by Gasteiger charge is -2.33. The molecule has 0 saturated heterocycles. The zero-order chi connectivity index (χ0) is 23.3. The number of nitrogens with one attached hydrogen (secondary N) is 1. The van der Waals surface area contributed by atoms with Gasteiger partial charge < -0.3 is 15.2 Å². The molecule has 4 aromatic rings. The molecular formula is C30H29NO3. The molecule has 34 heavy (non-hydrogen) atoms. The molecule has 0 aliphatic carbocycles. The van der Waals surface area contributed by atoms with Crippen molar-refractivity contribution in [1.82, 2.24) is 5.32 Å². The number of rotatable bonds is 8. The summed E-state index contributed by atoms with van der Waals surface area (Å²) in [4.78, 5) is 11.5. The maximum absolute atomic E-state index is 11.5. The Morgan fingerprint density at radius 1 is 0.912 bits per heavy atom. The number of hydrogen-bond donors (Lipinski definition) is 2. The highest BCUT2D eigenvalue weighted by Crippen LogP contribution is 2.41. The van der Waals surface area contributed by atoms with Gasteiger partial charge in [-0.2, -0.15) is 0 Å². The molecule has 2 unspecified atom stereocenters. The van der Waals surface area contributed by atoms with E-state index in [0.717, 1.165) is 49.2 Å². The third-order valence-electron chi connectivity index (χ3n) is 6.72. The predicted molar refractivity (Wildman–Crippen MR) is 136 cm³/mol. The maximum Gasteiger partial charge on any atom is 0.335 e. The highest BCUT2D eigenvalue weighted by Gasteiger charge is 2.29. The van der Waals surface area contributed by atoms with Crippen molar-refractivity contribution in [3.63, 3.8) is 0 Å². The van der Waals surface area contributed by atoms with Crippen LogP contribution in [0.1, 0.15) is 45.8 Å². The van der Waals surface area contributed by atoms with Crippen LogP contribution in [0.3, 0.4) is 0 Å². The minimum absolute atomic E-state index is 0.0819. The Morgan fingerprint density at radius 3 is 2.62 bits per heavy atom. The number of carboxylic acids is 1. The first kappa shape index (κ1) is 22.2. The van der Waals surface area contributed by atoms with E-state index in [2.05, 4.69) is 53.8 Å². The van der Waals surface area contributed by atoms with Gasteiger partial charge in [-0.05, 0) is 72.5 Å². The van der Waals surface area contributed by atoms with Crippen LogP contribution in [0.15, 0.2) is 91.0 Å². The van der Waals surface area contributed by atoms with E-state index in [1.807, 2.05) is 30.3 Å². The summed E-state index contributed by atoms with van der Waals surface area (Å²) in [6.07, 6.45) is 2.81. The Labute approximate surface area is 200 Å². The van der Waals surface area contributed by atoms with Crippen molar-refractivity contribution in [3.05, 3.63) is 113 Å². The fourth-order valence-corrected chi connectivity index (χ4v) is 5.00. The number of benzene rings is 4. The third-order valence-corrected chi connectivity index (χ3v) is 6.72. The summed E-state index contributed by atoms with van der Waals surface area (Å²) in [6.45, 7) is 1.79. The number of ether oxygens (including phenoxy) is 1. The molecular weight excluding hydrogens is 422 g/mol. The Kier molecular flexibility index (Phi) is 6.59. The monoisotopic (exact) mass is 451 g/mol. The highest BCUT2D eigenvalue weighted by molar-refractivity contribution is 5.88. The average molecular weight is 452 g/mol. The highest BCUT2D eigenvalue weighted by atomic mass is 16.5. The van der Waals surface area contributed by atoms with Crippen LogP contribution < -0.4 is 10.1 Å². The molecule has 2 N–H and O–H groups in total. The average Bonchev–Trinajstić information content (AvgIpc) is 2.88. The van der Waals surface area contributed by atoms with E-state index in [1.54, 1.807) is 12.1 Å². The molecule has 0 saturated carbocycles. The van der Waals surface area contributed by atoms with Gasteiger partial charge in [0, 0.05) is 11.5 Å². The van der Waals surface area contributed by atoms with Gasteiger partial charge in [-0.25, -0.2) is 4.79 Å². The number of aromatic carboxylic acids is 1. The standard InChI is InChI=1S/C30H29NO3/c32-30(33)24-11-6-10-23(19-24)28-20-25(34-29-14-4-3-13-27(28)29)16-18-31-17-15-22-9-5-8-21-7-1-2-12-26(21)22/h1-14,19,25,28,31H,15-18,20H2,(H,32,33). The molecule has 4 nitrogen and oxygen atoms in total. The molecule has 1 aliphatic heterocycles. The first-order chi connectivity index (χ1) is 16.7. The van der Waals surface area contributed by atoms with Crippen LogP contribution in [0, 0.1) is 0 Å². The molecule has 1 heterocycles. The Morgan fingerprint density at radius 2 is 1.71 bits per heavy atom. The van der Waals surface area contributed by atoms with Gasteiger partial charge in [0.05, 0.1) is 5.56 Å². The Bertz CT molecular complexity index is 1290. The summed E-state index contributed by atoms with van der Waals surface area (Å²) < 4.78 is 6.33. The molecule has 0 aromatic heterocycles.